The highest BCUT2D eigenvalue weighted by Gasteiger charge is 2.27. The number of hydrogen-bond donors (Lipinski definition) is 3. The van der Waals surface area contributed by atoms with Crippen molar-refractivity contribution in [1.82, 2.24) is 0 Å². The average molecular weight is 540 g/mol. The van der Waals surface area contributed by atoms with Crippen molar-refractivity contribution in [3.8, 4) is 0 Å². The molecule has 35 heavy (non-hydrogen) atoms. The Kier molecular flexibility index (Phi) is 8.57. The fourth-order valence-electron chi connectivity index (χ4n) is 3.00. The zero-order valence-electron chi connectivity index (χ0n) is 19.0. The summed E-state index contributed by atoms with van der Waals surface area (Å²) in [5.74, 6) is 0. The Hall–Kier alpha value is -2.89. The lowest BCUT2D eigenvalue weighted by molar-refractivity contribution is 0.225. The van der Waals surface area contributed by atoms with Crippen molar-refractivity contribution in [2.45, 2.75) is 23.6 Å². The van der Waals surface area contributed by atoms with Gasteiger partial charge in [-0.3, -0.25) is 23.6 Å². The van der Waals surface area contributed by atoms with Crippen molar-refractivity contribution in [2.75, 3.05) is 27.7 Å². The fraction of sp³-hybridized carbons (Fsp3) is 0.182. The second-order valence-electron chi connectivity index (χ2n) is 7.04. The predicted molar refractivity (Wildman–Crippen MR) is 135 cm³/mol. The van der Waals surface area contributed by atoms with Crippen molar-refractivity contribution in [2.24, 2.45) is 0 Å². The van der Waals surface area contributed by atoms with Crippen LogP contribution in [0.4, 0.5) is 17.1 Å². The molecule has 188 valence electrons. The molecule has 0 heterocycles. The van der Waals surface area contributed by atoms with Gasteiger partial charge < -0.3 is 0 Å². The topological polar surface area (TPSA) is 140 Å². The Morgan fingerprint density at radius 3 is 1.66 bits per heavy atom. The number of rotatable bonds is 12. The second kappa shape index (κ2) is 11.2. The summed E-state index contributed by atoms with van der Waals surface area (Å²) in [5.41, 5.74) is 0.0951. The highest BCUT2D eigenvalue weighted by atomic mass is 32.2. The molecule has 3 aromatic carbocycles. The van der Waals surface area contributed by atoms with E-state index in [0.717, 1.165) is 0 Å². The molecule has 0 amide bonds. The maximum absolute atomic E-state index is 13.1. The van der Waals surface area contributed by atoms with Gasteiger partial charge in [0, 0.05) is 0 Å². The Morgan fingerprint density at radius 2 is 1.17 bits per heavy atom. The van der Waals surface area contributed by atoms with Crippen LogP contribution in [0.5, 0.6) is 0 Å². The molecular formula is C22H26N3O7PS2. The standard InChI is InChI=1S/C22H26N3O7PS2/c1-3-31-33(26,32-4-2)23-22-17-18(24-34(27,28)19-11-7-5-8-12-19)15-16-21(22)25-35(29,30)20-13-9-6-10-14-20/h5-17,24-25H,3-4H2,1-2H3,(H,23,26). The largest absolute Gasteiger partial charge is 0.432 e. The van der Waals surface area contributed by atoms with Crippen molar-refractivity contribution >= 4 is 44.9 Å². The molecule has 0 atom stereocenters. The van der Waals surface area contributed by atoms with Crippen LogP contribution >= 0.6 is 7.75 Å². The van der Waals surface area contributed by atoms with Crippen molar-refractivity contribution in [3.05, 3.63) is 78.9 Å². The lowest BCUT2D eigenvalue weighted by Gasteiger charge is -2.22. The lowest BCUT2D eigenvalue weighted by atomic mass is 10.2. The van der Waals surface area contributed by atoms with Gasteiger partial charge >= 0.3 is 7.75 Å². The average Bonchev–Trinajstić information content (AvgIpc) is 2.82. The lowest BCUT2D eigenvalue weighted by Crippen LogP contribution is -2.16. The molecule has 0 aliphatic rings. The summed E-state index contributed by atoms with van der Waals surface area (Å²) in [6.45, 7) is 3.35. The molecule has 0 saturated heterocycles. The number of nitrogens with one attached hydrogen (secondary N) is 3. The quantitative estimate of drug-likeness (QED) is 0.277. The molecule has 0 aliphatic heterocycles. The number of hydrogen-bond acceptors (Lipinski definition) is 7. The van der Waals surface area contributed by atoms with E-state index in [1.165, 1.54) is 42.5 Å². The van der Waals surface area contributed by atoms with Crippen LogP contribution in [-0.4, -0.2) is 30.0 Å². The maximum Gasteiger partial charge on any atom is 0.432 e. The summed E-state index contributed by atoms with van der Waals surface area (Å²) in [4.78, 5) is 0.0512. The molecule has 0 aromatic heterocycles. The fourth-order valence-corrected chi connectivity index (χ4v) is 6.53. The normalized spacial score (nSPS) is 12.2. The van der Waals surface area contributed by atoms with Crippen molar-refractivity contribution < 1.29 is 30.4 Å². The first-order valence-electron chi connectivity index (χ1n) is 10.6. The third kappa shape index (κ3) is 7.06. The molecule has 0 bridgehead atoms. The summed E-state index contributed by atoms with van der Waals surface area (Å²) in [5, 5.41) is 2.62. The monoisotopic (exact) mass is 539 g/mol. The summed E-state index contributed by atoms with van der Waals surface area (Å²) in [6, 6.07) is 19.4. The molecule has 0 fully saturated rings. The minimum Gasteiger partial charge on any atom is -0.293 e. The van der Waals surface area contributed by atoms with Crippen LogP contribution in [0.1, 0.15) is 13.8 Å². The van der Waals surface area contributed by atoms with Crippen molar-refractivity contribution in [1.29, 1.82) is 0 Å². The Bertz CT molecular complexity index is 1390. The second-order valence-corrected chi connectivity index (χ2v) is 12.1. The van der Waals surface area contributed by atoms with Gasteiger partial charge in [-0.2, -0.15) is 0 Å². The van der Waals surface area contributed by atoms with E-state index >= 15 is 0 Å². The van der Waals surface area contributed by atoms with Gasteiger partial charge in [0.2, 0.25) is 0 Å². The van der Waals surface area contributed by atoms with Crippen LogP contribution in [0.3, 0.4) is 0 Å². The van der Waals surface area contributed by atoms with Gasteiger partial charge in [0.25, 0.3) is 20.0 Å². The number of anilines is 3. The molecule has 0 aliphatic carbocycles. The first-order valence-corrected chi connectivity index (χ1v) is 15.1. The van der Waals surface area contributed by atoms with Crippen LogP contribution in [0.25, 0.3) is 0 Å². The molecule has 3 N–H and O–H groups in total. The summed E-state index contributed by atoms with van der Waals surface area (Å²) in [7, 11) is -11.8. The zero-order chi connectivity index (χ0) is 25.5. The minimum atomic E-state index is -4.01. The summed E-state index contributed by atoms with van der Waals surface area (Å²) < 4.78 is 79.8. The molecule has 3 rings (SSSR count). The molecule has 0 radical (unpaired) electrons. The first kappa shape index (κ1) is 26.7. The van der Waals surface area contributed by atoms with E-state index in [0.29, 0.717) is 0 Å². The van der Waals surface area contributed by atoms with E-state index in [-0.39, 0.29) is 40.1 Å². The highest BCUT2D eigenvalue weighted by Crippen LogP contribution is 2.49. The molecule has 0 unspecified atom stereocenters. The van der Waals surface area contributed by atoms with E-state index in [1.54, 1.807) is 50.2 Å². The van der Waals surface area contributed by atoms with E-state index in [1.807, 2.05) is 0 Å². The van der Waals surface area contributed by atoms with E-state index < -0.39 is 27.8 Å². The van der Waals surface area contributed by atoms with Crippen LogP contribution in [0.15, 0.2) is 88.7 Å². The van der Waals surface area contributed by atoms with Gasteiger partial charge in [0.05, 0.1) is 40.1 Å². The summed E-state index contributed by atoms with van der Waals surface area (Å²) in [6.07, 6.45) is 0. The SMILES string of the molecule is CCOP(=O)(Nc1cc(NS(=O)(=O)c2ccccc2)ccc1NS(=O)(=O)c1ccccc1)OCC. The van der Waals surface area contributed by atoms with Gasteiger partial charge in [-0.25, -0.2) is 21.4 Å². The van der Waals surface area contributed by atoms with Gasteiger partial charge in [0.1, 0.15) is 0 Å². The van der Waals surface area contributed by atoms with Gasteiger partial charge in [-0.15, -0.1) is 0 Å². The third-order valence-corrected chi connectivity index (χ3v) is 8.97. The Morgan fingerprint density at radius 1 is 0.686 bits per heavy atom. The van der Waals surface area contributed by atoms with Gasteiger partial charge in [0.15, 0.2) is 0 Å². The van der Waals surface area contributed by atoms with Crippen LogP contribution in [0, 0.1) is 0 Å². The van der Waals surface area contributed by atoms with Crippen LogP contribution < -0.4 is 14.5 Å². The van der Waals surface area contributed by atoms with E-state index in [9.17, 15) is 21.4 Å². The number of sulfonamides is 2. The number of benzene rings is 3. The molecule has 13 heteroatoms. The highest BCUT2D eigenvalue weighted by molar-refractivity contribution is 7.93. The third-order valence-electron chi connectivity index (χ3n) is 4.48. The molecular weight excluding hydrogens is 513 g/mol. The predicted octanol–water partition coefficient (Wildman–Crippen LogP) is 4.88. The van der Waals surface area contributed by atoms with E-state index in [4.69, 9.17) is 9.05 Å². The molecule has 3 aromatic rings. The van der Waals surface area contributed by atoms with Gasteiger partial charge in [-0.05, 0) is 56.3 Å². The molecule has 0 saturated carbocycles. The van der Waals surface area contributed by atoms with Gasteiger partial charge in [-0.1, -0.05) is 36.4 Å². The smallest absolute Gasteiger partial charge is 0.293 e. The zero-order valence-corrected chi connectivity index (χ0v) is 21.6. The van der Waals surface area contributed by atoms with Crippen molar-refractivity contribution in [3.63, 3.8) is 0 Å². The van der Waals surface area contributed by atoms with Crippen LogP contribution in [-0.2, 0) is 33.7 Å². The Labute approximate surface area is 205 Å². The molecule has 0 spiro atoms. The maximum atomic E-state index is 13.1. The Balaban J connectivity index is 2.02. The van der Waals surface area contributed by atoms with Crippen LogP contribution in [0.2, 0.25) is 0 Å². The molecule has 10 nitrogen and oxygen atoms in total. The minimum absolute atomic E-state index is 0.0103. The summed E-state index contributed by atoms with van der Waals surface area (Å²) >= 11 is 0. The first-order chi connectivity index (χ1) is 16.6. The van der Waals surface area contributed by atoms with E-state index in [2.05, 4.69) is 14.5 Å².